The third kappa shape index (κ3) is 4.30. The monoisotopic (exact) mass is 590 g/mol. The molecule has 0 radical (unpaired) electrons. The lowest BCUT2D eigenvalue weighted by atomic mass is 9.94. The Kier molecular flexibility index (Phi) is 6.30. The van der Waals surface area contributed by atoms with Gasteiger partial charge in [0.1, 0.15) is 0 Å². The Morgan fingerprint density at radius 3 is 2.17 bits per heavy atom. The van der Waals surface area contributed by atoms with E-state index in [1.165, 1.54) is 4.90 Å². The number of nitrogens with zero attached hydrogens (tertiary/aromatic N) is 2. The number of hydrogen-bond donors (Lipinski definition) is 0. The molecule has 0 unspecified atom stereocenters. The van der Waals surface area contributed by atoms with Crippen LogP contribution in [-0.2, 0) is 0 Å². The third-order valence-corrected chi connectivity index (χ3v) is 7.39. The van der Waals surface area contributed by atoms with Crippen molar-refractivity contribution in [3.63, 3.8) is 0 Å². The van der Waals surface area contributed by atoms with Gasteiger partial charge < -0.3 is 4.90 Å². The predicted octanol–water partition coefficient (Wildman–Crippen LogP) is 6.62. The topological polar surface area (TPSA) is 57.7 Å². The molecule has 0 aromatic heterocycles. The van der Waals surface area contributed by atoms with Crippen LogP contribution >= 0.6 is 31.9 Å². The maximum absolute atomic E-state index is 13.5. The standard InChI is InChI=1S/C28H20Br2N2O3/c1-17-5-11-20(12-6-17)31(26(33)18-7-9-19(29)10-8-18)15-16-32-27(34)22-4-2-3-21-24(30)14-13-23(25(21)22)28(32)35/h2-14H,15-16H2,1H3. The molecule has 0 atom stereocenters. The number of imide groups is 1. The molecule has 1 aliphatic rings. The van der Waals surface area contributed by atoms with E-state index >= 15 is 0 Å². The van der Waals surface area contributed by atoms with Crippen molar-refractivity contribution in [1.82, 2.24) is 4.90 Å². The van der Waals surface area contributed by atoms with E-state index in [1.807, 2.05) is 61.5 Å². The van der Waals surface area contributed by atoms with E-state index < -0.39 is 0 Å². The van der Waals surface area contributed by atoms with E-state index in [1.54, 1.807) is 29.2 Å². The summed E-state index contributed by atoms with van der Waals surface area (Å²) >= 11 is 6.91. The highest BCUT2D eigenvalue weighted by Gasteiger charge is 2.33. The maximum Gasteiger partial charge on any atom is 0.261 e. The minimum atomic E-state index is -0.355. The highest BCUT2D eigenvalue weighted by atomic mass is 79.9. The molecular formula is C28H20Br2N2O3. The number of carbonyl (C=O) groups excluding carboxylic acids is 3. The Balaban J connectivity index is 1.48. The average Bonchev–Trinajstić information content (AvgIpc) is 2.86. The van der Waals surface area contributed by atoms with Gasteiger partial charge in [-0.3, -0.25) is 19.3 Å². The van der Waals surface area contributed by atoms with E-state index in [0.717, 1.165) is 19.9 Å². The first kappa shape index (κ1) is 23.5. The number of anilines is 1. The number of rotatable bonds is 5. The average molecular weight is 592 g/mol. The van der Waals surface area contributed by atoms with E-state index in [4.69, 9.17) is 0 Å². The second kappa shape index (κ2) is 9.40. The van der Waals surface area contributed by atoms with Gasteiger partial charge in [-0.15, -0.1) is 0 Å². The largest absolute Gasteiger partial charge is 0.307 e. The number of carbonyl (C=O) groups is 3. The maximum atomic E-state index is 13.5. The lowest BCUT2D eigenvalue weighted by molar-refractivity contribution is 0.0611. The quantitative estimate of drug-likeness (QED) is 0.245. The van der Waals surface area contributed by atoms with Crippen LogP contribution in [-0.4, -0.2) is 35.7 Å². The van der Waals surface area contributed by atoms with Crippen LogP contribution in [0.5, 0.6) is 0 Å². The summed E-state index contributed by atoms with van der Waals surface area (Å²) in [7, 11) is 0. The van der Waals surface area contributed by atoms with Crippen molar-refractivity contribution in [1.29, 1.82) is 0 Å². The van der Waals surface area contributed by atoms with Crippen LogP contribution in [0, 0.1) is 6.92 Å². The van der Waals surface area contributed by atoms with Crippen molar-refractivity contribution < 1.29 is 14.4 Å². The molecule has 0 aliphatic carbocycles. The first-order valence-corrected chi connectivity index (χ1v) is 12.7. The Bertz CT molecular complexity index is 1460. The Labute approximate surface area is 219 Å². The molecule has 174 valence electrons. The summed E-state index contributed by atoms with van der Waals surface area (Å²) in [5, 5.41) is 1.49. The zero-order chi connectivity index (χ0) is 24.7. The first-order chi connectivity index (χ1) is 16.8. The number of hydrogen-bond acceptors (Lipinski definition) is 3. The van der Waals surface area contributed by atoms with Gasteiger partial charge in [-0.25, -0.2) is 0 Å². The normalized spacial score (nSPS) is 12.8. The highest BCUT2D eigenvalue weighted by Crippen LogP contribution is 2.34. The molecule has 0 N–H and O–H groups in total. The van der Waals surface area contributed by atoms with E-state index in [-0.39, 0.29) is 30.8 Å². The minimum Gasteiger partial charge on any atom is -0.307 e. The Morgan fingerprint density at radius 1 is 0.829 bits per heavy atom. The molecule has 4 aromatic rings. The van der Waals surface area contributed by atoms with E-state index in [9.17, 15) is 14.4 Å². The minimum absolute atomic E-state index is 0.0691. The van der Waals surface area contributed by atoms with Crippen molar-refractivity contribution in [3.05, 3.63) is 110 Å². The molecule has 0 saturated carbocycles. The SMILES string of the molecule is Cc1ccc(N(CCN2C(=O)c3cccc4c(Br)ccc(c34)C2=O)C(=O)c2ccc(Br)cc2)cc1. The number of halogens is 2. The lowest BCUT2D eigenvalue weighted by Crippen LogP contribution is -2.46. The van der Waals surface area contributed by atoms with E-state index in [2.05, 4.69) is 31.9 Å². The molecule has 35 heavy (non-hydrogen) atoms. The molecule has 7 heteroatoms. The van der Waals surface area contributed by atoms with Gasteiger partial charge in [-0.05, 0) is 66.9 Å². The van der Waals surface area contributed by atoms with Gasteiger partial charge in [0.25, 0.3) is 17.7 Å². The fourth-order valence-electron chi connectivity index (χ4n) is 4.33. The first-order valence-electron chi connectivity index (χ1n) is 11.1. The summed E-state index contributed by atoms with van der Waals surface area (Å²) < 4.78 is 1.71. The number of amides is 3. The van der Waals surface area contributed by atoms with Crippen LogP contribution in [0.15, 0.2) is 87.8 Å². The zero-order valence-electron chi connectivity index (χ0n) is 18.8. The third-order valence-electron chi connectivity index (χ3n) is 6.17. The molecule has 0 spiro atoms. The van der Waals surface area contributed by atoms with Gasteiger partial charge in [0.15, 0.2) is 0 Å². The van der Waals surface area contributed by atoms with Crippen LogP contribution in [0.25, 0.3) is 10.8 Å². The molecule has 0 saturated heterocycles. The summed E-state index contributed by atoms with van der Waals surface area (Å²) in [6.45, 7) is 2.21. The molecule has 1 heterocycles. The predicted molar refractivity (Wildman–Crippen MR) is 144 cm³/mol. The van der Waals surface area contributed by atoms with Gasteiger partial charge in [0.2, 0.25) is 0 Å². The van der Waals surface area contributed by atoms with Crippen molar-refractivity contribution in [2.45, 2.75) is 6.92 Å². The fraction of sp³-hybridized carbons (Fsp3) is 0.107. The summed E-state index contributed by atoms with van der Waals surface area (Å²) in [6, 6.07) is 23.7. The second-order valence-electron chi connectivity index (χ2n) is 8.38. The molecule has 5 rings (SSSR count). The smallest absolute Gasteiger partial charge is 0.261 e. The van der Waals surface area contributed by atoms with E-state index in [0.29, 0.717) is 27.8 Å². The van der Waals surface area contributed by atoms with Crippen molar-refractivity contribution in [3.8, 4) is 0 Å². The number of benzene rings is 4. The Morgan fingerprint density at radius 2 is 1.49 bits per heavy atom. The van der Waals surface area contributed by atoms with Gasteiger partial charge in [-0.2, -0.15) is 0 Å². The van der Waals surface area contributed by atoms with Crippen molar-refractivity contribution >= 4 is 66.0 Å². The summed E-state index contributed by atoms with van der Waals surface area (Å²) in [4.78, 5) is 43.1. The van der Waals surface area contributed by atoms with Gasteiger partial charge in [0.05, 0.1) is 0 Å². The van der Waals surface area contributed by atoms with Gasteiger partial charge >= 0.3 is 0 Å². The molecule has 0 bridgehead atoms. The lowest BCUT2D eigenvalue weighted by Gasteiger charge is -2.30. The summed E-state index contributed by atoms with van der Waals surface area (Å²) in [6.07, 6.45) is 0. The molecular weight excluding hydrogens is 572 g/mol. The highest BCUT2D eigenvalue weighted by molar-refractivity contribution is 9.11. The van der Waals surface area contributed by atoms with Crippen LogP contribution in [0.4, 0.5) is 5.69 Å². The molecule has 1 aliphatic heterocycles. The van der Waals surface area contributed by atoms with Crippen LogP contribution in [0.1, 0.15) is 36.6 Å². The van der Waals surface area contributed by atoms with Crippen molar-refractivity contribution in [2.75, 3.05) is 18.0 Å². The second-order valence-corrected chi connectivity index (χ2v) is 10.2. The molecule has 5 nitrogen and oxygen atoms in total. The van der Waals surface area contributed by atoms with Crippen LogP contribution < -0.4 is 4.90 Å². The van der Waals surface area contributed by atoms with Crippen LogP contribution in [0.2, 0.25) is 0 Å². The van der Waals surface area contributed by atoms with Gasteiger partial charge in [0, 0.05) is 49.8 Å². The Hall–Kier alpha value is -3.29. The summed E-state index contributed by atoms with van der Waals surface area (Å²) in [5.74, 6) is -0.915. The van der Waals surface area contributed by atoms with Crippen LogP contribution in [0.3, 0.4) is 0 Å². The van der Waals surface area contributed by atoms with Gasteiger partial charge in [-0.1, -0.05) is 61.7 Å². The molecule has 0 fully saturated rings. The molecule has 3 amide bonds. The fourth-order valence-corrected chi connectivity index (χ4v) is 5.06. The zero-order valence-corrected chi connectivity index (χ0v) is 22.0. The summed E-state index contributed by atoms with van der Waals surface area (Å²) in [5.41, 5.74) is 3.26. The molecule has 4 aromatic carbocycles. The van der Waals surface area contributed by atoms with Crippen molar-refractivity contribution in [2.24, 2.45) is 0 Å². The number of aryl methyl sites for hydroxylation is 1.